The first-order chi connectivity index (χ1) is 14.4. The van der Waals surface area contributed by atoms with E-state index in [0.717, 1.165) is 11.1 Å². The fourth-order valence-electron chi connectivity index (χ4n) is 2.73. The molecule has 0 unspecified atom stereocenters. The zero-order valence-electron chi connectivity index (χ0n) is 15.9. The van der Waals surface area contributed by atoms with Crippen molar-refractivity contribution < 1.29 is 19.4 Å². The molecule has 2 N–H and O–H groups in total. The molecule has 0 amide bonds. The number of hydrogen-bond donors (Lipinski definition) is 2. The van der Waals surface area contributed by atoms with Crippen LogP contribution in [-0.4, -0.2) is 18.2 Å². The molecule has 3 rings (SSSR count). The normalized spacial score (nSPS) is 10.5. The summed E-state index contributed by atoms with van der Waals surface area (Å²) in [4.78, 5) is 11.2. The van der Waals surface area contributed by atoms with Crippen molar-refractivity contribution in [2.75, 3.05) is 12.4 Å². The summed E-state index contributed by atoms with van der Waals surface area (Å²) >= 11 is 17.9. The van der Waals surface area contributed by atoms with Crippen LogP contribution < -0.4 is 14.8 Å². The molecule has 0 fully saturated rings. The summed E-state index contributed by atoms with van der Waals surface area (Å²) in [6.45, 7) is 0.776. The summed E-state index contributed by atoms with van der Waals surface area (Å²) in [5.41, 5.74) is 2.51. The van der Waals surface area contributed by atoms with Crippen molar-refractivity contribution in [3.63, 3.8) is 0 Å². The van der Waals surface area contributed by atoms with Gasteiger partial charge in [-0.15, -0.1) is 0 Å². The summed E-state index contributed by atoms with van der Waals surface area (Å²) in [5, 5.41) is 13.5. The predicted octanol–water partition coefficient (Wildman–Crippen LogP) is 6.54. The Morgan fingerprint density at radius 3 is 2.33 bits per heavy atom. The monoisotopic (exact) mass is 465 g/mol. The number of rotatable bonds is 8. The maximum absolute atomic E-state index is 11.2. The van der Waals surface area contributed by atoms with Gasteiger partial charge >= 0.3 is 5.97 Å². The van der Waals surface area contributed by atoms with Gasteiger partial charge in [0.2, 0.25) is 0 Å². The average Bonchev–Trinajstić information content (AvgIpc) is 2.74. The molecule has 0 heterocycles. The predicted molar refractivity (Wildman–Crippen MR) is 120 cm³/mol. The van der Waals surface area contributed by atoms with E-state index in [4.69, 9.17) is 44.3 Å². The molecule has 30 heavy (non-hydrogen) atoms. The van der Waals surface area contributed by atoms with E-state index in [2.05, 4.69) is 5.32 Å². The summed E-state index contributed by atoms with van der Waals surface area (Å²) < 4.78 is 11.3. The first kappa shape index (κ1) is 22.1. The van der Waals surface area contributed by atoms with Gasteiger partial charge in [-0.25, -0.2) is 4.79 Å². The topological polar surface area (TPSA) is 67.8 Å². The van der Waals surface area contributed by atoms with Gasteiger partial charge in [0.05, 0.1) is 27.7 Å². The van der Waals surface area contributed by atoms with Crippen LogP contribution >= 0.6 is 34.8 Å². The van der Waals surface area contributed by atoms with Crippen LogP contribution in [0.15, 0.2) is 54.6 Å². The van der Waals surface area contributed by atoms with Crippen molar-refractivity contribution in [3.05, 3.63) is 86.4 Å². The number of benzene rings is 3. The highest BCUT2D eigenvalue weighted by molar-refractivity contribution is 6.42. The molecule has 0 radical (unpaired) electrons. The molecule has 0 atom stereocenters. The van der Waals surface area contributed by atoms with Crippen LogP contribution in [0.5, 0.6) is 11.5 Å². The standard InChI is InChI=1S/C22H18Cl3NO4/c1-29-21-9-13(11-26-15-4-6-17(23)16(10-15)22(27)28)3-7-20(21)30-12-14-2-5-18(24)19(25)8-14/h2-10,26H,11-12H2,1H3,(H,27,28). The van der Waals surface area contributed by atoms with Gasteiger partial charge in [0, 0.05) is 12.2 Å². The van der Waals surface area contributed by atoms with Crippen LogP contribution in [0.2, 0.25) is 15.1 Å². The number of carbonyl (C=O) groups is 1. The van der Waals surface area contributed by atoms with Gasteiger partial charge in [-0.1, -0.05) is 46.9 Å². The molecule has 0 saturated heterocycles. The van der Waals surface area contributed by atoms with Crippen molar-refractivity contribution in [2.24, 2.45) is 0 Å². The highest BCUT2D eigenvalue weighted by Gasteiger charge is 2.10. The van der Waals surface area contributed by atoms with E-state index in [1.54, 1.807) is 31.4 Å². The number of aromatic carboxylic acids is 1. The van der Waals surface area contributed by atoms with Crippen molar-refractivity contribution >= 4 is 46.5 Å². The van der Waals surface area contributed by atoms with E-state index < -0.39 is 5.97 Å². The molecule has 0 aliphatic carbocycles. The molecule has 0 aliphatic heterocycles. The lowest BCUT2D eigenvalue weighted by molar-refractivity contribution is 0.0697. The number of methoxy groups -OCH3 is 1. The Hall–Kier alpha value is -2.60. The third kappa shape index (κ3) is 5.51. The molecule has 0 saturated carbocycles. The molecule has 8 heteroatoms. The van der Waals surface area contributed by atoms with Crippen molar-refractivity contribution in [3.8, 4) is 11.5 Å². The van der Waals surface area contributed by atoms with E-state index in [-0.39, 0.29) is 10.6 Å². The average molecular weight is 467 g/mol. The summed E-state index contributed by atoms with van der Waals surface area (Å²) in [5.74, 6) is 0.0949. The fraction of sp³-hybridized carbons (Fsp3) is 0.136. The number of anilines is 1. The molecule has 0 bridgehead atoms. The molecular weight excluding hydrogens is 449 g/mol. The second kappa shape index (κ2) is 9.94. The van der Waals surface area contributed by atoms with Gasteiger partial charge in [-0.2, -0.15) is 0 Å². The quantitative estimate of drug-likeness (QED) is 0.394. The maximum Gasteiger partial charge on any atom is 0.337 e. The van der Waals surface area contributed by atoms with Crippen molar-refractivity contribution in [1.82, 2.24) is 0 Å². The van der Waals surface area contributed by atoms with Crippen LogP contribution in [0.3, 0.4) is 0 Å². The molecule has 3 aromatic carbocycles. The van der Waals surface area contributed by atoms with Crippen molar-refractivity contribution in [2.45, 2.75) is 13.2 Å². The van der Waals surface area contributed by atoms with Crippen LogP contribution in [0.4, 0.5) is 5.69 Å². The van der Waals surface area contributed by atoms with E-state index in [1.807, 2.05) is 24.3 Å². The third-order valence-corrected chi connectivity index (χ3v) is 5.37. The highest BCUT2D eigenvalue weighted by atomic mass is 35.5. The zero-order chi connectivity index (χ0) is 21.7. The Morgan fingerprint density at radius 2 is 1.63 bits per heavy atom. The highest BCUT2D eigenvalue weighted by Crippen LogP contribution is 2.30. The lowest BCUT2D eigenvalue weighted by atomic mass is 10.1. The van der Waals surface area contributed by atoms with Crippen molar-refractivity contribution in [1.29, 1.82) is 0 Å². The molecule has 0 spiro atoms. The van der Waals surface area contributed by atoms with Crippen LogP contribution in [0.1, 0.15) is 21.5 Å². The Morgan fingerprint density at radius 1 is 0.900 bits per heavy atom. The van der Waals surface area contributed by atoms with Crippen LogP contribution in [0.25, 0.3) is 0 Å². The van der Waals surface area contributed by atoms with E-state index in [0.29, 0.717) is 40.4 Å². The molecule has 3 aromatic rings. The Labute approximate surface area is 189 Å². The first-order valence-electron chi connectivity index (χ1n) is 8.87. The minimum Gasteiger partial charge on any atom is -0.493 e. The molecule has 0 aromatic heterocycles. The maximum atomic E-state index is 11.2. The largest absolute Gasteiger partial charge is 0.493 e. The number of ether oxygens (including phenoxy) is 2. The van der Waals surface area contributed by atoms with Gasteiger partial charge in [0.15, 0.2) is 11.5 Å². The number of hydrogen-bond acceptors (Lipinski definition) is 4. The number of halogens is 3. The van der Waals surface area contributed by atoms with Crippen LogP contribution in [0, 0.1) is 0 Å². The Kier molecular flexibility index (Phi) is 7.32. The van der Waals surface area contributed by atoms with Gasteiger partial charge in [0.1, 0.15) is 6.61 Å². The lowest BCUT2D eigenvalue weighted by Crippen LogP contribution is -2.04. The number of carboxylic acids is 1. The SMILES string of the molecule is COc1cc(CNc2ccc(Cl)c(C(=O)O)c2)ccc1OCc1ccc(Cl)c(Cl)c1. The smallest absolute Gasteiger partial charge is 0.337 e. The van der Waals surface area contributed by atoms with E-state index in [1.165, 1.54) is 6.07 Å². The minimum absolute atomic E-state index is 0.0466. The van der Waals surface area contributed by atoms with Gasteiger partial charge in [-0.05, 0) is 53.6 Å². The fourth-order valence-corrected chi connectivity index (χ4v) is 3.25. The number of nitrogens with one attached hydrogen (secondary N) is 1. The summed E-state index contributed by atoms with van der Waals surface area (Å²) in [6, 6.07) is 15.7. The van der Waals surface area contributed by atoms with Gasteiger partial charge in [-0.3, -0.25) is 0 Å². The van der Waals surface area contributed by atoms with E-state index in [9.17, 15) is 9.90 Å². The van der Waals surface area contributed by atoms with Gasteiger partial charge < -0.3 is 19.9 Å². The molecule has 5 nitrogen and oxygen atoms in total. The first-order valence-corrected chi connectivity index (χ1v) is 10.0. The summed E-state index contributed by atoms with van der Waals surface area (Å²) in [6.07, 6.45) is 0. The second-order valence-corrected chi connectivity index (χ2v) is 7.60. The summed E-state index contributed by atoms with van der Waals surface area (Å²) in [7, 11) is 1.57. The molecular formula is C22H18Cl3NO4. The third-order valence-electron chi connectivity index (χ3n) is 4.30. The number of carboxylic acid groups (broad SMARTS) is 1. The van der Waals surface area contributed by atoms with Crippen LogP contribution in [-0.2, 0) is 13.2 Å². The Bertz CT molecular complexity index is 1070. The second-order valence-electron chi connectivity index (χ2n) is 6.38. The van der Waals surface area contributed by atoms with E-state index >= 15 is 0 Å². The molecule has 156 valence electrons. The van der Waals surface area contributed by atoms with Gasteiger partial charge in [0.25, 0.3) is 0 Å². The minimum atomic E-state index is -1.08. The molecule has 0 aliphatic rings. The Balaban J connectivity index is 1.67. The lowest BCUT2D eigenvalue weighted by Gasteiger charge is -2.14. The zero-order valence-corrected chi connectivity index (χ0v) is 18.2.